The van der Waals surface area contributed by atoms with Gasteiger partial charge in [-0.25, -0.2) is 5.43 Å². The molecule has 10 nitrogen and oxygen atoms in total. The molecule has 1 saturated heterocycles. The molecular formula is C26H31BrN4O6. The van der Waals surface area contributed by atoms with Crippen LogP contribution in [0.1, 0.15) is 36.5 Å². The van der Waals surface area contributed by atoms with E-state index in [1.54, 1.807) is 18.2 Å². The Bertz CT molecular complexity index is 1140. The highest BCUT2D eigenvalue weighted by atomic mass is 79.9. The van der Waals surface area contributed by atoms with Crippen molar-refractivity contribution in [2.24, 2.45) is 5.10 Å². The van der Waals surface area contributed by atoms with Crippen LogP contribution >= 0.6 is 15.9 Å². The van der Waals surface area contributed by atoms with Crippen molar-refractivity contribution in [3.8, 4) is 11.5 Å². The van der Waals surface area contributed by atoms with Gasteiger partial charge in [-0.3, -0.25) is 14.4 Å². The molecule has 0 aliphatic carbocycles. The Kier molecular flexibility index (Phi) is 10.5. The van der Waals surface area contributed by atoms with Crippen molar-refractivity contribution in [2.45, 2.75) is 39.7 Å². The second-order valence-corrected chi connectivity index (χ2v) is 9.35. The van der Waals surface area contributed by atoms with E-state index in [-0.39, 0.29) is 25.2 Å². The molecule has 0 aromatic heterocycles. The van der Waals surface area contributed by atoms with Gasteiger partial charge in [-0.2, -0.15) is 5.10 Å². The summed E-state index contributed by atoms with van der Waals surface area (Å²) in [7, 11) is 0. The molecule has 2 aromatic carbocycles. The van der Waals surface area contributed by atoms with Crippen LogP contribution in [0.4, 0.5) is 5.69 Å². The van der Waals surface area contributed by atoms with Crippen LogP contribution in [-0.2, 0) is 19.1 Å². The summed E-state index contributed by atoms with van der Waals surface area (Å²) in [5.41, 5.74) is 5.42. The summed E-state index contributed by atoms with van der Waals surface area (Å²) in [4.78, 5) is 36.3. The van der Waals surface area contributed by atoms with Crippen molar-refractivity contribution < 1.29 is 28.6 Å². The number of nitrogens with zero attached hydrogens (tertiary/aromatic N) is 1. The van der Waals surface area contributed by atoms with Gasteiger partial charge in [0.25, 0.3) is 5.91 Å². The lowest BCUT2D eigenvalue weighted by Gasteiger charge is -2.14. The highest BCUT2D eigenvalue weighted by Crippen LogP contribution is 2.29. The molecule has 3 N–H and O–H groups in total. The second-order valence-electron chi connectivity index (χ2n) is 8.43. The highest BCUT2D eigenvalue weighted by Gasteiger charge is 2.19. The number of ether oxygens (including phenoxy) is 3. The number of carbonyl (C=O) groups is 3. The van der Waals surface area contributed by atoms with Gasteiger partial charge >= 0.3 is 11.8 Å². The van der Waals surface area contributed by atoms with Gasteiger partial charge in [0.05, 0.1) is 18.9 Å². The molecule has 37 heavy (non-hydrogen) atoms. The maximum atomic E-state index is 12.5. The molecule has 1 aliphatic rings. The number of halogens is 1. The zero-order chi connectivity index (χ0) is 26.8. The van der Waals surface area contributed by atoms with E-state index < -0.39 is 11.8 Å². The van der Waals surface area contributed by atoms with Gasteiger partial charge in [-0.15, -0.1) is 0 Å². The first-order chi connectivity index (χ1) is 17.8. The third-order valence-electron chi connectivity index (χ3n) is 5.49. The largest absolute Gasteiger partial charge is 0.490 e. The Morgan fingerprint density at radius 2 is 1.86 bits per heavy atom. The fourth-order valence-electron chi connectivity index (χ4n) is 3.73. The monoisotopic (exact) mass is 574 g/mol. The number of aryl methyl sites for hydroxylation is 2. The summed E-state index contributed by atoms with van der Waals surface area (Å²) < 4.78 is 17.7. The quantitative estimate of drug-likeness (QED) is 0.227. The lowest BCUT2D eigenvalue weighted by molar-refractivity contribution is -0.139. The average Bonchev–Trinajstić information content (AvgIpc) is 3.38. The van der Waals surface area contributed by atoms with E-state index in [2.05, 4.69) is 37.1 Å². The Morgan fingerprint density at radius 3 is 2.54 bits per heavy atom. The van der Waals surface area contributed by atoms with Crippen LogP contribution in [-0.4, -0.2) is 56.4 Å². The standard InChI is InChI=1S/C26H31BrN4O6/c1-4-35-22-12-18(13-29-31-26(34)25(33)28-14-20-6-5-9-36-20)7-8-21(22)37-15-23(32)30-24-16(2)10-19(27)11-17(24)3/h7-8,10-13,20H,4-6,9,14-15H2,1-3H3,(H,28,33)(H,30,32)(H,31,34)/b29-13-/t20-/m1/s1. The average molecular weight is 575 g/mol. The van der Waals surface area contributed by atoms with E-state index in [1.165, 1.54) is 6.21 Å². The number of hydrogen-bond donors (Lipinski definition) is 3. The molecule has 0 unspecified atom stereocenters. The number of benzene rings is 2. The molecule has 3 rings (SSSR count). The van der Waals surface area contributed by atoms with Crippen LogP contribution in [0.15, 0.2) is 39.9 Å². The molecule has 2 aromatic rings. The fraction of sp³-hybridized carbons (Fsp3) is 0.385. The van der Waals surface area contributed by atoms with E-state index in [0.717, 1.165) is 34.1 Å². The zero-order valence-electron chi connectivity index (χ0n) is 21.1. The SMILES string of the molecule is CCOc1cc(/C=N\NC(=O)C(=O)NC[C@H]2CCCO2)ccc1OCC(=O)Nc1c(C)cc(Br)cc1C. The third kappa shape index (κ3) is 8.57. The topological polar surface area (TPSA) is 127 Å². The van der Waals surface area contributed by atoms with Crippen molar-refractivity contribution in [3.05, 3.63) is 51.5 Å². The Labute approximate surface area is 224 Å². The summed E-state index contributed by atoms with van der Waals surface area (Å²) in [6, 6.07) is 8.85. The molecule has 1 aliphatic heterocycles. The van der Waals surface area contributed by atoms with Gasteiger partial charge in [0, 0.05) is 23.3 Å². The molecule has 0 spiro atoms. The Morgan fingerprint density at radius 1 is 1.11 bits per heavy atom. The van der Waals surface area contributed by atoms with Crippen molar-refractivity contribution in [2.75, 3.05) is 31.7 Å². The predicted molar refractivity (Wildman–Crippen MR) is 143 cm³/mol. The highest BCUT2D eigenvalue weighted by molar-refractivity contribution is 9.10. The summed E-state index contributed by atoms with van der Waals surface area (Å²) in [5.74, 6) is -1.16. The molecule has 11 heteroatoms. The Hall–Kier alpha value is -3.44. The van der Waals surface area contributed by atoms with Gasteiger partial charge in [0.2, 0.25) is 0 Å². The smallest absolute Gasteiger partial charge is 0.329 e. The van der Waals surface area contributed by atoms with Gasteiger partial charge < -0.3 is 24.8 Å². The number of anilines is 1. The number of carbonyl (C=O) groups excluding carboxylic acids is 3. The summed E-state index contributed by atoms with van der Waals surface area (Å²) in [6.07, 6.45) is 3.13. The molecule has 198 valence electrons. The maximum Gasteiger partial charge on any atom is 0.329 e. The van der Waals surface area contributed by atoms with Crippen LogP contribution in [0.25, 0.3) is 0 Å². The van der Waals surface area contributed by atoms with Crippen LogP contribution in [0.3, 0.4) is 0 Å². The van der Waals surface area contributed by atoms with Crippen molar-refractivity contribution >= 4 is 45.6 Å². The lowest BCUT2D eigenvalue weighted by atomic mass is 10.1. The predicted octanol–water partition coefficient (Wildman–Crippen LogP) is 3.23. The first kappa shape index (κ1) is 28.1. The minimum absolute atomic E-state index is 0.0574. The minimum atomic E-state index is -0.874. The molecule has 0 radical (unpaired) electrons. The molecule has 1 fully saturated rings. The fourth-order valence-corrected chi connectivity index (χ4v) is 4.41. The molecule has 1 atom stereocenters. The minimum Gasteiger partial charge on any atom is -0.490 e. The first-order valence-corrected chi connectivity index (χ1v) is 12.7. The maximum absolute atomic E-state index is 12.5. The second kappa shape index (κ2) is 13.8. The summed E-state index contributed by atoms with van der Waals surface area (Å²) in [6.45, 7) is 6.79. The first-order valence-electron chi connectivity index (χ1n) is 12.0. The van der Waals surface area contributed by atoms with E-state index in [0.29, 0.717) is 30.3 Å². The van der Waals surface area contributed by atoms with Crippen LogP contribution in [0.5, 0.6) is 11.5 Å². The van der Waals surface area contributed by atoms with Crippen molar-refractivity contribution in [3.63, 3.8) is 0 Å². The number of amides is 3. The van der Waals surface area contributed by atoms with Gasteiger partial charge in [0.1, 0.15) is 0 Å². The third-order valence-corrected chi connectivity index (χ3v) is 5.95. The number of rotatable bonds is 10. The van der Waals surface area contributed by atoms with Crippen LogP contribution in [0, 0.1) is 13.8 Å². The molecule has 0 saturated carbocycles. The van der Waals surface area contributed by atoms with Gasteiger partial charge in [-0.1, -0.05) is 15.9 Å². The van der Waals surface area contributed by atoms with Crippen molar-refractivity contribution in [1.82, 2.24) is 10.7 Å². The lowest BCUT2D eigenvalue weighted by Crippen LogP contribution is -2.41. The Balaban J connectivity index is 1.54. The number of hydrazone groups is 1. The van der Waals surface area contributed by atoms with E-state index >= 15 is 0 Å². The summed E-state index contributed by atoms with van der Waals surface area (Å²) >= 11 is 3.45. The zero-order valence-corrected chi connectivity index (χ0v) is 22.6. The molecule has 3 amide bonds. The van der Waals surface area contributed by atoms with E-state index in [9.17, 15) is 14.4 Å². The van der Waals surface area contributed by atoms with Crippen molar-refractivity contribution in [1.29, 1.82) is 0 Å². The summed E-state index contributed by atoms with van der Waals surface area (Å²) in [5, 5.41) is 9.25. The van der Waals surface area contributed by atoms with Gasteiger partial charge in [-0.05, 0) is 80.6 Å². The van der Waals surface area contributed by atoms with Crippen LogP contribution < -0.4 is 25.5 Å². The van der Waals surface area contributed by atoms with E-state index in [4.69, 9.17) is 14.2 Å². The van der Waals surface area contributed by atoms with E-state index in [1.807, 2.05) is 32.9 Å². The molecule has 0 bridgehead atoms. The normalized spacial score (nSPS) is 14.9. The molecule has 1 heterocycles. The number of nitrogens with one attached hydrogen (secondary N) is 3. The van der Waals surface area contributed by atoms with Gasteiger partial charge in [0.15, 0.2) is 18.1 Å². The number of hydrogen-bond acceptors (Lipinski definition) is 7. The molecular weight excluding hydrogens is 544 g/mol. The van der Waals surface area contributed by atoms with Crippen LogP contribution in [0.2, 0.25) is 0 Å².